The summed E-state index contributed by atoms with van der Waals surface area (Å²) in [6, 6.07) is 12.1. The SMILES string of the molecule is COc1ccccc1CCC(=O)NCCNS(=O)(=O)c1cccc([N+](=O)[O-])c1. The Morgan fingerprint density at radius 3 is 2.61 bits per heavy atom. The van der Waals surface area contributed by atoms with E-state index in [9.17, 15) is 23.3 Å². The number of aryl methyl sites for hydroxylation is 1. The molecule has 150 valence electrons. The van der Waals surface area contributed by atoms with Crippen LogP contribution < -0.4 is 14.8 Å². The zero-order chi connectivity index (χ0) is 20.6. The molecule has 0 unspecified atom stereocenters. The van der Waals surface area contributed by atoms with Crippen LogP contribution in [0.1, 0.15) is 12.0 Å². The molecule has 0 saturated carbocycles. The number of carbonyl (C=O) groups is 1. The second kappa shape index (κ2) is 9.81. The van der Waals surface area contributed by atoms with Crippen LogP contribution >= 0.6 is 0 Å². The average Bonchev–Trinajstić information content (AvgIpc) is 2.70. The lowest BCUT2D eigenvalue weighted by molar-refractivity contribution is -0.385. The highest BCUT2D eigenvalue weighted by molar-refractivity contribution is 7.89. The highest BCUT2D eigenvalue weighted by Gasteiger charge is 2.17. The number of nitro benzene ring substituents is 1. The van der Waals surface area contributed by atoms with E-state index in [1.807, 2.05) is 24.3 Å². The molecule has 0 spiro atoms. The van der Waals surface area contributed by atoms with Crippen LogP contribution in [0.2, 0.25) is 0 Å². The molecule has 0 atom stereocenters. The first kappa shape index (κ1) is 21.3. The lowest BCUT2D eigenvalue weighted by Gasteiger charge is -2.09. The Bertz CT molecular complexity index is 946. The molecule has 0 aliphatic heterocycles. The Kier molecular flexibility index (Phi) is 7.47. The predicted octanol–water partition coefficient (Wildman–Crippen LogP) is 1.63. The summed E-state index contributed by atoms with van der Waals surface area (Å²) >= 11 is 0. The number of ether oxygens (including phenoxy) is 1. The summed E-state index contributed by atoms with van der Waals surface area (Å²) in [5.41, 5.74) is 0.596. The highest BCUT2D eigenvalue weighted by Crippen LogP contribution is 2.19. The maximum atomic E-state index is 12.2. The molecule has 2 aromatic carbocycles. The number of rotatable bonds is 10. The van der Waals surface area contributed by atoms with Crippen molar-refractivity contribution in [1.29, 1.82) is 0 Å². The number of benzene rings is 2. The fourth-order valence-electron chi connectivity index (χ4n) is 2.48. The third kappa shape index (κ3) is 6.03. The van der Waals surface area contributed by atoms with Crippen LogP contribution in [0.4, 0.5) is 5.69 Å². The molecule has 10 heteroatoms. The van der Waals surface area contributed by atoms with E-state index in [-0.39, 0.29) is 36.0 Å². The van der Waals surface area contributed by atoms with Gasteiger partial charge in [-0.25, -0.2) is 13.1 Å². The topological polar surface area (TPSA) is 128 Å². The molecule has 9 nitrogen and oxygen atoms in total. The number of carbonyl (C=O) groups excluding carboxylic acids is 1. The minimum Gasteiger partial charge on any atom is -0.496 e. The van der Waals surface area contributed by atoms with E-state index in [1.54, 1.807) is 7.11 Å². The van der Waals surface area contributed by atoms with Crippen molar-refractivity contribution in [2.75, 3.05) is 20.2 Å². The Labute approximate surface area is 162 Å². The van der Waals surface area contributed by atoms with Gasteiger partial charge in [0, 0.05) is 31.6 Å². The van der Waals surface area contributed by atoms with E-state index in [4.69, 9.17) is 4.74 Å². The van der Waals surface area contributed by atoms with Crippen LogP contribution in [0.3, 0.4) is 0 Å². The van der Waals surface area contributed by atoms with Crippen molar-refractivity contribution in [3.63, 3.8) is 0 Å². The van der Waals surface area contributed by atoms with Gasteiger partial charge in [0.25, 0.3) is 5.69 Å². The summed E-state index contributed by atoms with van der Waals surface area (Å²) in [5.74, 6) is 0.487. The van der Waals surface area contributed by atoms with Crippen molar-refractivity contribution in [3.8, 4) is 5.75 Å². The molecule has 0 bridgehead atoms. The predicted molar refractivity (Wildman–Crippen MR) is 103 cm³/mol. The maximum Gasteiger partial charge on any atom is 0.270 e. The van der Waals surface area contributed by atoms with Crippen molar-refractivity contribution >= 4 is 21.6 Å². The van der Waals surface area contributed by atoms with Gasteiger partial charge in [0.2, 0.25) is 15.9 Å². The van der Waals surface area contributed by atoms with E-state index in [2.05, 4.69) is 10.0 Å². The van der Waals surface area contributed by atoms with E-state index in [0.29, 0.717) is 12.2 Å². The van der Waals surface area contributed by atoms with Crippen molar-refractivity contribution in [1.82, 2.24) is 10.0 Å². The van der Waals surface area contributed by atoms with Gasteiger partial charge in [-0.05, 0) is 24.1 Å². The molecule has 2 N–H and O–H groups in total. The maximum absolute atomic E-state index is 12.2. The fourth-order valence-corrected chi connectivity index (χ4v) is 3.55. The molecule has 28 heavy (non-hydrogen) atoms. The van der Waals surface area contributed by atoms with Gasteiger partial charge in [-0.15, -0.1) is 0 Å². The first-order valence-electron chi connectivity index (χ1n) is 8.46. The van der Waals surface area contributed by atoms with Gasteiger partial charge >= 0.3 is 0 Å². The highest BCUT2D eigenvalue weighted by atomic mass is 32.2. The Hall–Kier alpha value is -2.98. The van der Waals surface area contributed by atoms with Gasteiger partial charge < -0.3 is 10.1 Å². The first-order chi connectivity index (χ1) is 13.3. The summed E-state index contributed by atoms with van der Waals surface area (Å²) in [4.78, 5) is 21.8. The second-order valence-electron chi connectivity index (χ2n) is 5.81. The van der Waals surface area contributed by atoms with E-state index in [1.165, 1.54) is 18.2 Å². The number of nitro groups is 1. The van der Waals surface area contributed by atoms with Gasteiger partial charge in [0.05, 0.1) is 16.9 Å². The molecule has 2 aromatic rings. The lowest BCUT2D eigenvalue weighted by atomic mass is 10.1. The number of hydrogen-bond acceptors (Lipinski definition) is 6. The largest absolute Gasteiger partial charge is 0.496 e. The van der Waals surface area contributed by atoms with Crippen molar-refractivity contribution in [2.45, 2.75) is 17.7 Å². The van der Waals surface area contributed by atoms with Crippen LogP contribution in [0.25, 0.3) is 0 Å². The van der Waals surface area contributed by atoms with Gasteiger partial charge in [0.1, 0.15) is 5.75 Å². The average molecular weight is 407 g/mol. The minimum absolute atomic E-state index is 0.0363. The van der Waals surface area contributed by atoms with Gasteiger partial charge in [-0.3, -0.25) is 14.9 Å². The molecule has 2 rings (SSSR count). The monoisotopic (exact) mass is 407 g/mol. The van der Waals surface area contributed by atoms with Crippen LogP contribution in [0.5, 0.6) is 5.75 Å². The zero-order valence-corrected chi connectivity index (χ0v) is 16.1. The Morgan fingerprint density at radius 1 is 1.14 bits per heavy atom. The van der Waals surface area contributed by atoms with Gasteiger partial charge in [0.15, 0.2) is 0 Å². The molecule has 0 saturated heterocycles. The number of para-hydroxylation sites is 1. The molecule has 1 amide bonds. The molecule has 0 aliphatic rings. The number of non-ortho nitro benzene ring substituents is 1. The van der Waals surface area contributed by atoms with Crippen molar-refractivity contribution in [3.05, 3.63) is 64.2 Å². The molecule has 0 aromatic heterocycles. The standard InChI is InChI=1S/C18H21N3O6S/c1-27-17-8-3-2-5-14(17)9-10-18(22)19-11-12-20-28(25,26)16-7-4-6-15(13-16)21(23)24/h2-8,13,20H,9-12H2,1H3,(H,19,22). The van der Waals surface area contributed by atoms with Crippen molar-refractivity contribution < 1.29 is 22.9 Å². The number of hydrogen-bond donors (Lipinski definition) is 2. The lowest BCUT2D eigenvalue weighted by Crippen LogP contribution is -2.34. The Morgan fingerprint density at radius 2 is 1.89 bits per heavy atom. The number of nitrogens with zero attached hydrogens (tertiary/aromatic N) is 1. The molecular formula is C18H21N3O6S. The normalized spacial score (nSPS) is 11.0. The second-order valence-corrected chi connectivity index (χ2v) is 7.58. The smallest absolute Gasteiger partial charge is 0.270 e. The quantitative estimate of drug-likeness (QED) is 0.350. The van der Waals surface area contributed by atoms with Crippen LogP contribution in [0.15, 0.2) is 53.4 Å². The third-order valence-electron chi connectivity index (χ3n) is 3.89. The van der Waals surface area contributed by atoms with Crippen molar-refractivity contribution in [2.24, 2.45) is 0 Å². The molecule has 0 fully saturated rings. The third-order valence-corrected chi connectivity index (χ3v) is 5.35. The number of sulfonamides is 1. The molecule has 0 radical (unpaired) electrons. The van der Waals surface area contributed by atoms with E-state index < -0.39 is 14.9 Å². The zero-order valence-electron chi connectivity index (χ0n) is 15.3. The summed E-state index contributed by atoms with van der Waals surface area (Å²) in [5, 5.41) is 13.4. The van der Waals surface area contributed by atoms with Crippen LogP contribution in [0, 0.1) is 10.1 Å². The Balaban J connectivity index is 1.79. The van der Waals surface area contributed by atoms with Crippen LogP contribution in [-0.4, -0.2) is 39.4 Å². The number of nitrogens with one attached hydrogen (secondary N) is 2. The molecule has 0 heterocycles. The van der Waals surface area contributed by atoms with Gasteiger partial charge in [-0.1, -0.05) is 24.3 Å². The minimum atomic E-state index is -3.90. The summed E-state index contributed by atoms with van der Waals surface area (Å²) in [6.45, 7) is 0.0599. The van der Waals surface area contributed by atoms with Crippen LogP contribution in [-0.2, 0) is 21.2 Å². The fraction of sp³-hybridized carbons (Fsp3) is 0.278. The first-order valence-corrected chi connectivity index (χ1v) is 9.94. The van der Waals surface area contributed by atoms with Gasteiger partial charge in [-0.2, -0.15) is 0 Å². The summed E-state index contributed by atoms with van der Waals surface area (Å²) < 4.78 is 31.9. The number of methoxy groups -OCH3 is 1. The summed E-state index contributed by atoms with van der Waals surface area (Å²) in [7, 11) is -2.34. The molecular weight excluding hydrogens is 386 g/mol. The number of amides is 1. The van der Waals surface area contributed by atoms with E-state index >= 15 is 0 Å². The summed E-state index contributed by atoms with van der Waals surface area (Å²) in [6.07, 6.45) is 0.729. The van der Waals surface area contributed by atoms with E-state index in [0.717, 1.165) is 11.6 Å². The molecule has 0 aliphatic carbocycles.